The second-order valence-electron chi connectivity index (χ2n) is 3.68. The molecular weight excluding hydrogens is 312 g/mol. The standard InChI is InChI=1S/C13H9BrN2O3/c14-9-4-1-3-8(7-9)12(17)16-11-6-2-5-10(15-11)13(18)19/h1-7H,(H,18,19)(H,15,16,17). The smallest absolute Gasteiger partial charge is 0.354 e. The van der Waals surface area contributed by atoms with Crippen molar-refractivity contribution >= 4 is 33.6 Å². The van der Waals surface area contributed by atoms with Gasteiger partial charge in [0.25, 0.3) is 5.91 Å². The first-order chi connectivity index (χ1) is 9.06. The molecule has 0 spiro atoms. The number of carboxylic acids is 1. The Labute approximate surface area is 117 Å². The summed E-state index contributed by atoms with van der Waals surface area (Å²) in [4.78, 5) is 26.5. The predicted octanol–water partition coefficient (Wildman–Crippen LogP) is 2.79. The Morgan fingerprint density at radius 3 is 2.58 bits per heavy atom. The number of hydrogen-bond acceptors (Lipinski definition) is 3. The second-order valence-corrected chi connectivity index (χ2v) is 4.59. The SMILES string of the molecule is O=C(Nc1cccc(C(=O)O)n1)c1cccc(Br)c1. The monoisotopic (exact) mass is 320 g/mol. The molecule has 0 aliphatic heterocycles. The van der Waals surface area contributed by atoms with Gasteiger partial charge in [-0.05, 0) is 30.3 Å². The molecular formula is C13H9BrN2O3. The maximum Gasteiger partial charge on any atom is 0.354 e. The summed E-state index contributed by atoms with van der Waals surface area (Å²) in [5.74, 6) is -1.29. The molecule has 0 saturated heterocycles. The van der Waals surface area contributed by atoms with Crippen LogP contribution in [0.25, 0.3) is 0 Å². The van der Waals surface area contributed by atoms with E-state index in [1.165, 1.54) is 18.2 Å². The third kappa shape index (κ3) is 3.38. The van der Waals surface area contributed by atoms with Gasteiger partial charge in [0.2, 0.25) is 0 Å². The lowest BCUT2D eigenvalue weighted by atomic mass is 10.2. The van der Waals surface area contributed by atoms with Gasteiger partial charge in [0.15, 0.2) is 5.69 Å². The fourth-order valence-electron chi connectivity index (χ4n) is 1.44. The normalized spacial score (nSPS) is 9.95. The Morgan fingerprint density at radius 1 is 1.16 bits per heavy atom. The average Bonchev–Trinajstić information content (AvgIpc) is 2.39. The van der Waals surface area contributed by atoms with Gasteiger partial charge >= 0.3 is 5.97 Å². The maximum absolute atomic E-state index is 11.9. The lowest BCUT2D eigenvalue weighted by Gasteiger charge is -2.05. The van der Waals surface area contributed by atoms with Crippen LogP contribution in [0.5, 0.6) is 0 Å². The van der Waals surface area contributed by atoms with E-state index in [4.69, 9.17) is 5.11 Å². The molecule has 0 saturated carbocycles. The number of carbonyl (C=O) groups excluding carboxylic acids is 1. The van der Waals surface area contributed by atoms with Crippen LogP contribution in [0.15, 0.2) is 46.9 Å². The van der Waals surface area contributed by atoms with Gasteiger partial charge in [0.05, 0.1) is 0 Å². The van der Waals surface area contributed by atoms with E-state index in [0.717, 1.165) is 4.47 Å². The van der Waals surface area contributed by atoms with E-state index in [1.807, 2.05) is 0 Å². The molecule has 5 nitrogen and oxygen atoms in total. The van der Waals surface area contributed by atoms with Gasteiger partial charge < -0.3 is 10.4 Å². The third-order valence-corrected chi connectivity index (χ3v) is 2.79. The number of carboxylic acid groups (broad SMARTS) is 1. The van der Waals surface area contributed by atoms with Crippen molar-refractivity contribution < 1.29 is 14.7 Å². The number of amides is 1. The number of aromatic carboxylic acids is 1. The van der Waals surface area contributed by atoms with Crippen LogP contribution in [0.2, 0.25) is 0 Å². The first-order valence-corrected chi connectivity index (χ1v) is 6.13. The Kier molecular flexibility index (Phi) is 3.91. The molecule has 0 aliphatic carbocycles. The molecule has 6 heteroatoms. The van der Waals surface area contributed by atoms with Crippen molar-refractivity contribution in [3.8, 4) is 0 Å². The van der Waals surface area contributed by atoms with Crippen LogP contribution in [0.4, 0.5) is 5.82 Å². The van der Waals surface area contributed by atoms with Crippen molar-refractivity contribution in [2.24, 2.45) is 0 Å². The summed E-state index contributed by atoms with van der Waals surface area (Å²) in [6, 6.07) is 11.3. The quantitative estimate of drug-likeness (QED) is 0.911. The van der Waals surface area contributed by atoms with Crippen molar-refractivity contribution in [2.75, 3.05) is 5.32 Å². The van der Waals surface area contributed by atoms with E-state index >= 15 is 0 Å². The largest absolute Gasteiger partial charge is 0.477 e. The molecule has 2 aromatic rings. The molecule has 0 aliphatic rings. The van der Waals surface area contributed by atoms with Crippen LogP contribution in [0.3, 0.4) is 0 Å². The van der Waals surface area contributed by atoms with Crippen molar-refractivity contribution in [3.63, 3.8) is 0 Å². The number of halogens is 1. The van der Waals surface area contributed by atoms with E-state index < -0.39 is 5.97 Å². The molecule has 0 radical (unpaired) electrons. The minimum atomic E-state index is -1.14. The first kappa shape index (κ1) is 13.2. The molecule has 1 heterocycles. The van der Waals surface area contributed by atoms with Gasteiger partial charge in [0.1, 0.15) is 5.82 Å². The summed E-state index contributed by atoms with van der Waals surface area (Å²) in [5.41, 5.74) is 0.337. The molecule has 2 rings (SSSR count). The van der Waals surface area contributed by atoms with Gasteiger partial charge in [-0.15, -0.1) is 0 Å². The zero-order chi connectivity index (χ0) is 13.8. The van der Waals surface area contributed by atoms with Gasteiger partial charge in [-0.3, -0.25) is 4.79 Å². The highest BCUT2D eigenvalue weighted by molar-refractivity contribution is 9.10. The minimum Gasteiger partial charge on any atom is -0.477 e. The molecule has 2 N–H and O–H groups in total. The molecule has 96 valence electrons. The summed E-state index contributed by atoms with van der Waals surface area (Å²) in [7, 11) is 0. The molecule has 0 unspecified atom stereocenters. The van der Waals surface area contributed by atoms with Crippen molar-refractivity contribution in [3.05, 3.63) is 58.2 Å². The predicted molar refractivity (Wildman–Crippen MR) is 73.3 cm³/mol. The summed E-state index contributed by atoms with van der Waals surface area (Å²) in [5, 5.41) is 11.4. The Morgan fingerprint density at radius 2 is 1.89 bits per heavy atom. The number of anilines is 1. The molecule has 0 atom stereocenters. The number of benzene rings is 1. The number of nitrogens with zero attached hydrogens (tertiary/aromatic N) is 1. The van der Waals surface area contributed by atoms with Crippen LogP contribution in [-0.4, -0.2) is 22.0 Å². The topological polar surface area (TPSA) is 79.3 Å². The van der Waals surface area contributed by atoms with E-state index in [2.05, 4.69) is 26.2 Å². The van der Waals surface area contributed by atoms with E-state index in [-0.39, 0.29) is 17.4 Å². The molecule has 19 heavy (non-hydrogen) atoms. The van der Waals surface area contributed by atoms with Gasteiger partial charge in [0, 0.05) is 10.0 Å². The van der Waals surface area contributed by atoms with Gasteiger partial charge in [-0.1, -0.05) is 28.1 Å². The maximum atomic E-state index is 11.9. The van der Waals surface area contributed by atoms with Crippen molar-refractivity contribution in [1.29, 1.82) is 0 Å². The highest BCUT2D eigenvalue weighted by atomic mass is 79.9. The Hall–Kier alpha value is -2.21. The summed E-state index contributed by atoms with van der Waals surface area (Å²) in [6.07, 6.45) is 0. The number of pyridine rings is 1. The first-order valence-electron chi connectivity index (χ1n) is 5.33. The third-order valence-electron chi connectivity index (χ3n) is 2.30. The molecule has 1 amide bonds. The lowest BCUT2D eigenvalue weighted by molar-refractivity contribution is 0.0690. The highest BCUT2D eigenvalue weighted by Gasteiger charge is 2.09. The van der Waals surface area contributed by atoms with Crippen molar-refractivity contribution in [2.45, 2.75) is 0 Å². The molecule has 1 aromatic carbocycles. The van der Waals surface area contributed by atoms with Crippen molar-refractivity contribution in [1.82, 2.24) is 4.98 Å². The zero-order valence-electron chi connectivity index (χ0n) is 9.63. The fourth-order valence-corrected chi connectivity index (χ4v) is 1.84. The summed E-state index contributed by atoms with van der Waals surface area (Å²) < 4.78 is 0.785. The number of carbonyl (C=O) groups is 2. The van der Waals surface area contributed by atoms with Gasteiger partial charge in [-0.2, -0.15) is 0 Å². The lowest BCUT2D eigenvalue weighted by Crippen LogP contribution is -2.14. The second kappa shape index (κ2) is 5.62. The van der Waals surface area contributed by atoms with E-state index in [0.29, 0.717) is 5.56 Å². The Balaban J connectivity index is 2.19. The van der Waals surface area contributed by atoms with Crippen LogP contribution >= 0.6 is 15.9 Å². The van der Waals surface area contributed by atoms with Gasteiger partial charge in [-0.25, -0.2) is 9.78 Å². The van der Waals surface area contributed by atoms with E-state index in [1.54, 1.807) is 24.3 Å². The van der Waals surface area contributed by atoms with Crippen LogP contribution < -0.4 is 5.32 Å². The molecule has 0 fully saturated rings. The fraction of sp³-hybridized carbons (Fsp3) is 0. The number of aromatic nitrogens is 1. The average molecular weight is 321 g/mol. The minimum absolute atomic E-state index is 0.118. The number of hydrogen-bond donors (Lipinski definition) is 2. The summed E-state index contributed by atoms with van der Waals surface area (Å²) >= 11 is 3.27. The zero-order valence-corrected chi connectivity index (χ0v) is 11.2. The highest BCUT2D eigenvalue weighted by Crippen LogP contribution is 2.13. The van der Waals surface area contributed by atoms with Crippen LogP contribution in [0.1, 0.15) is 20.8 Å². The number of nitrogens with one attached hydrogen (secondary N) is 1. The summed E-state index contributed by atoms with van der Waals surface area (Å²) in [6.45, 7) is 0. The molecule has 0 bridgehead atoms. The molecule has 1 aromatic heterocycles. The van der Waals surface area contributed by atoms with Crippen LogP contribution in [0, 0.1) is 0 Å². The Bertz CT molecular complexity index is 643. The van der Waals surface area contributed by atoms with E-state index in [9.17, 15) is 9.59 Å². The van der Waals surface area contributed by atoms with Crippen LogP contribution in [-0.2, 0) is 0 Å². The number of rotatable bonds is 3.